The van der Waals surface area contributed by atoms with E-state index < -0.39 is 0 Å². The summed E-state index contributed by atoms with van der Waals surface area (Å²) in [6.07, 6.45) is 0.708. The maximum absolute atomic E-state index is 11.8. The molecule has 0 spiro atoms. The molecule has 5 nitrogen and oxygen atoms in total. The molecule has 0 fully saturated rings. The van der Waals surface area contributed by atoms with Crippen LogP contribution in [0, 0.1) is 0 Å². The van der Waals surface area contributed by atoms with Crippen molar-refractivity contribution in [1.82, 2.24) is 5.32 Å². The molecule has 0 unspecified atom stereocenters. The molecule has 0 bridgehead atoms. The molecule has 5 heteroatoms. The molecule has 1 amide bonds. The van der Waals surface area contributed by atoms with E-state index in [1.54, 1.807) is 31.4 Å². The number of nitrogens with one attached hydrogen (secondary N) is 1. The van der Waals surface area contributed by atoms with Crippen molar-refractivity contribution in [2.75, 3.05) is 20.3 Å². The van der Waals surface area contributed by atoms with Crippen LogP contribution < -0.4 is 10.7 Å². The second kappa shape index (κ2) is 6.15. The Morgan fingerprint density at radius 1 is 1.37 bits per heavy atom. The number of carbonyl (C=O) groups is 1. The van der Waals surface area contributed by atoms with Crippen LogP contribution in [0.2, 0.25) is 0 Å². The molecule has 1 N–H and O–H groups in total. The van der Waals surface area contributed by atoms with Gasteiger partial charge in [-0.3, -0.25) is 9.59 Å². The highest BCUT2D eigenvalue weighted by atomic mass is 16.5. The minimum absolute atomic E-state index is 0.0288. The molecule has 100 valence electrons. The zero-order valence-electron chi connectivity index (χ0n) is 10.6. The van der Waals surface area contributed by atoms with Gasteiger partial charge in [0.25, 0.3) is 5.91 Å². The van der Waals surface area contributed by atoms with Gasteiger partial charge in [0.15, 0.2) is 11.2 Å². The number of hydrogen-bond donors (Lipinski definition) is 1. The predicted molar refractivity (Wildman–Crippen MR) is 71.3 cm³/mol. The predicted octanol–water partition coefficient (Wildman–Crippen LogP) is 1.56. The first-order chi connectivity index (χ1) is 9.22. The molecule has 0 aliphatic heterocycles. The summed E-state index contributed by atoms with van der Waals surface area (Å²) in [5.41, 5.74) is 0.195. The Labute approximate surface area is 110 Å². The van der Waals surface area contributed by atoms with Gasteiger partial charge in [0.05, 0.1) is 5.39 Å². The van der Waals surface area contributed by atoms with Crippen LogP contribution in [0.25, 0.3) is 11.0 Å². The third kappa shape index (κ3) is 3.20. The summed E-state index contributed by atoms with van der Waals surface area (Å²) < 4.78 is 10.3. The zero-order valence-corrected chi connectivity index (χ0v) is 10.6. The molecule has 0 radical (unpaired) electrons. The van der Waals surface area contributed by atoms with Crippen molar-refractivity contribution in [3.05, 3.63) is 46.3 Å². The SMILES string of the molecule is COCCCNC(=O)c1cc(=O)c2ccccc2o1. The molecule has 0 aliphatic carbocycles. The molecule has 0 aliphatic rings. The van der Waals surface area contributed by atoms with Crippen molar-refractivity contribution in [3.8, 4) is 0 Å². The normalized spacial score (nSPS) is 10.6. The number of benzene rings is 1. The van der Waals surface area contributed by atoms with E-state index in [4.69, 9.17) is 9.15 Å². The van der Waals surface area contributed by atoms with Crippen LogP contribution in [0.3, 0.4) is 0 Å². The Morgan fingerprint density at radius 2 is 2.16 bits per heavy atom. The maximum atomic E-state index is 11.8. The van der Waals surface area contributed by atoms with Gasteiger partial charge in [0, 0.05) is 26.3 Å². The number of methoxy groups -OCH3 is 1. The third-order valence-corrected chi connectivity index (χ3v) is 2.67. The van der Waals surface area contributed by atoms with Crippen molar-refractivity contribution in [2.24, 2.45) is 0 Å². The number of fused-ring (bicyclic) bond motifs is 1. The average Bonchev–Trinajstić information content (AvgIpc) is 2.43. The van der Waals surface area contributed by atoms with Gasteiger partial charge in [-0.1, -0.05) is 12.1 Å². The third-order valence-electron chi connectivity index (χ3n) is 2.67. The van der Waals surface area contributed by atoms with Gasteiger partial charge in [-0.15, -0.1) is 0 Å². The van der Waals surface area contributed by atoms with Crippen molar-refractivity contribution in [3.63, 3.8) is 0 Å². The Kier molecular flexibility index (Phi) is 4.30. The number of carbonyl (C=O) groups excluding carboxylic acids is 1. The van der Waals surface area contributed by atoms with Crippen molar-refractivity contribution in [2.45, 2.75) is 6.42 Å². The van der Waals surface area contributed by atoms with Crippen molar-refractivity contribution >= 4 is 16.9 Å². The van der Waals surface area contributed by atoms with Gasteiger partial charge < -0.3 is 14.5 Å². The molecule has 0 saturated carbocycles. The molecule has 2 aromatic rings. The fourth-order valence-electron chi connectivity index (χ4n) is 1.72. The van der Waals surface area contributed by atoms with Gasteiger partial charge in [0.1, 0.15) is 5.58 Å². The van der Waals surface area contributed by atoms with E-state index in [9.17, 15) is 9.59 Å². The van der Waals surface area contributed by atoms with Crippen molar-refractivity contribution < 1.29 is 13.9 Å². The van der Waals surface area contributed by atoms with Crippen LogP contribution in [0.5, 0.6) is 0 Å². The van der Waals surface area contributed by atoms with Crippen LogP contribution in [-0.2, 0) is 4.74 Å². The number of para-hydroxylation sites is 1. The van der Waals surface area contributed by atoms with Crippen LogP contribution in [-0.4, -0.2) is 26.2 Å². The molecule has 1 aromatic heterocycles. The lowest BCUT2D eigenvalue weighted by Gasteiger charge is -2.04. The summed E-state index contributed by atoms with van der Waals surface area (Å²) >= 11 is 0. The monoisotopic (exact) mass is 261 g/mol. The number of amides is 1. The fourth-order valence-corrected chi connectivity index (χ4v) is 1.72. The summed E-state index contributed by atoms with van der Waals surface area (Å²) in [5.74, 6) is -0.361. The highest BCUT2D eigenvalue weighted by molar-refractivity contribution is 5.93. The van der Waals surface area contributed by atoms with E-state index in [2.05, 4.69) is 5.32 Å². The van der Waals surface area contributed by atoms with E-state index >= 15 is 0 Å². The molecule has 1 heterocycles. The largest absolute Gasteiger partial charge is 0.451 e. The molecule has 2 rings (SSSR count). The highest BCUT2D eigenvalue weighted by Crippen LogP contribution is 2.11. The summed E-state index contributed by atoms with van der Waals surface area (Å²) in [6, 6.07) is 8.06. The first-order valence-corrected chi connectivity index (χ1v) is 6.02. The standard InChI is InChI=1S/C14H15NO4/c1-18-8-4-7-15-14(17)13-9-11(16)10-5-2-3-6-12(10)19-13/h2-3,5-6,9H,4,7-8H2,1H3,(H,15,17). The Morgan fingerprint density at radius 3 is 2.95 bits per heavy atom. The molecule has 0 atom stereocenters. The average molecular weight is 261 g/mol. The quantitative estimate of drug-likeness (QED) is 0.829. The molecule has 19 heavy (non-hydrogen) atoms. The summed E-state index contributed by atoms with van der Waals surface area (Å²) in [5, 5.41) is 3.14. The molecule has 1 aromatic carbocycles. The summed E-state index contributed by atoms with van der Waals surface area (Å²) in [7, 11) is 1.60. The van der Waals surface area contributed by atoms with E-state index in [1.165, 1.54) is 6.07 Å². The Balaban J connectivity index is 2.16. The maximum Gasteiger partial charge on any atom is 0.287 e. The first kappa shape index (κ1) is 13.3. The van der Waals surface area contributed by atoms with E-state index in [-0.39, 0.29) is 17.1 Å². The van der Waals surface area contributed by atoms with Gasteiger partial charge in [-0.05, 0) is 18.6 Å². The second-order valence-electron chi connectivity index (χ2n) is 4.07. The lowest BCUT2D eigenvalue weighted by molar-refractivity contribution is 0.0921. The summed E-state index contributed by atoms with van der Waals surface area (Å²) in [4.78, 5) is 23.6. The minimum atomic E-state index is -0.390. The lowest BCUT2D eigenvalue weighted by atomic mass is 10.2. The number of rotatable bonds is 5. The smallest absolute Gasteiger partial charge is 0.287 e. The lowest BCUT2D eigenvalue weighted by Crippen LogP contribution is -2.26. The molecular weight excluding hydrogens is 246 g/mol. The highest BCUT2D eigenvalue weighted by Gasteiger charge is 2.11. The van der Waals surface area contributed by atoms with Gasteiger partial charge >= 0.3 is 0 Å². The van der Waals surface area contributed by atoms with E-state index in [1.807, 2.05) is 0 Å². The van der Waals surface area contributed by atoms with Crippen molar-refractivity contribution in [1.29, 1.82) is 0 Å². The first-order valence-electron chi connectivity index (χ1n) is 6.02. The minimum Gasteiger partial charge on any atom is -0.451 e. The molecule has 0 saturated heterocycles. The summed E-state index contributed by atoms with van der Waals surface area (Å²) in [6.45, 7) is 1.05. The van der Waals surface area contributed by atoms with Gasteiger partial charge in [0.2, 0.25) is 0 Å². The van der Waals surface area contributed by atoms with Crippen LogP contribution in [0.4, 0.5) is 0 Å². The van der Waals surface area contributed by atoms with Crippen LogP contribution in [0.15, 0.2) is 39.5 Å². The van der Waals surface area contributed by atoms with Crippen LogP contribution >= 0.6 is 0 Å². The number of hydrogen-bond acceptors (Lipinski definition) is 4. The number of ether oxygens (including phenoxy) is 1. The fraction of sp³-hybridized carbons (Fsp3) is 0.286. The topological polar surface area (TPSA) is 68.5 Å². The second-order valence-corrected chi connectivity index (χ2v) is 4.07. The molecular formula is C14H15NO4. The zero-order chi connectivity index (χ0) is 13.7. The van der Waals surface area contributed by atoms with Crippen LogP contribution in [0.1, 0.15) is 17.0 Å². The Hall–Kier alpha value is -2.14. The van der Waals surface area contributed by atoms with E-state index in [0.717, 1.165) is 0 Å². The van der Waals surface area contributed by atoms with Gasteiger partial charge in [-0.2, -0.15) is 0 Å². The van der Waals surface area contributed by atoms with Gasteiger partial charge in [-0.25, -0.2) is 0 Å². The van der Waals surface area contributed by atoms with E-state index in [0.29, 0.717) is 30.5 Å². The Bertz CT molecular complexity index is 633.